The topological polar surface area (TPSA) is 64.7 Å². The Labute approximate surface area is 191 Å². The van der Waals surface area contributed by atoms with Crippen molar-refractivity contribution < 1.29 is 4.79 Å². The number of aryl methyl sites for hydroxylation is 2. The van der Waals surface area contributed by atoms with Gasteiger partial charge in [-0.3, -0.25) is 14.2 Å². The van der Waals surface area contributed by atoms with Crippen LogP contribution in [0.25, 0.3) is 0 Å². The highest BCUT2D eigenvalue weighted by atomic mass is 35.5. The second kappa shape index (κ2) is 9.00. The first-order valence-corrected chi connectivity index (χ1v) is 10.7. The monoisotopic (exact) mass is 467 g/mol. The van der Waals surface area contributed by atoms with Crippen molar-refractivity contribution in [2.75, 3.05) is 5.32 Å². The molecule has 3 aromatic rings. The molecule has 1 amide bonds. The summed E-state index contributed by atoms with van der Waals surface area (Å²) in [4.78, 5) is 12.8. The fourth-order valence-corrected chi connectivity index (χ4v) is 3.74. The van der Waals surface area contributed by atoms with Crippen LogP contribution in [0.3, 0.4) is 0 Å². The van der Waals surface area contributed by atoms with E-state index >= 15 is 0 Å². The molecule has 30 heavy (non-hydrogen) atoms. The van der Waals surface area contributed by atoms with Crippen molar-refractivity contribution in [2.24, 2.45) is 5.92 Å². The number of rotatable bonds is 6. The fraction of sp³-hybridized carbons (Fsp3) is 0.381. The third-order valence-electron chi connectivity index (χ3n) is 5.13. The molecule has 9 heteroatoms. The maximum absolute atomic E-state index is 12.8. The van der Waals surface area contributed by atoms with Gasteiger partial charge in [-0.2, -0.15) is 10.2 Å². The summed E-state index contributed by atoms with van der Waals surface area (Å²) >= 11 is 18.3. The number of benzene rings is 1. The lowest BCUT2D eigenvalue weighted by atomic mass is 10.1. The van der Waals surface area contributed by atoms with Crippen molar-refractivity contribution in [1.29, 1.82) is 0 Å². The van der Waals surface area contributed by atoms with E-state index in [2.05, 4.69) is 15.5 Å². The molecule has 0 saturated carbocycles. The molecular formula is C21H24Cl3N5O. The number of hydrogen-bond acceptors (Lipinski definition) is 3. The van der Waals surface area contributed by atoms with Gasteiger partial charge in [-0.25, -0.2) is 0 Å². The number of amides is 1. The lowest BCUT2D eigenvalue weighted by Gasteiger charge is -2.14. The van der Waals surface area contributed by atoms with Crippen molar-refractivity contribution in [3.05, 3.63) is 61.6 Å². The van der Waals surface area contributed by atoms with Crippen LogP contribution < -0.4 is 5.32 Å². The molecule has 2 aromatic heterocycles. The van der Waals surface area contributed by atoms with Gasteiger partial charge in [0.2, 0.25) is 5.91 Å². The molecule has 1 unspecified atom stereocenters. The molecule has 0 aliphatic heterocycles. The maximum Gasteiger partial charge on any atom is 0.229 e. The minimum absolute atomic E-state index is 0.0982. The summed E-state index contributed by atoms with van der Waals surface area (Å²) < 4.78 is 3.62. The first kappa shape index (κ1) is 22.7. The number of nitrogens with zero attached hydrogens (tertiary/aromatic N) is 4. The number of carbonyl (C=O) groups excluding carboxylic acids is 1. The molecule has 0 radical (unpaired) electrons. The van der Waals surface area contributed by atoms with Crippen LogP contribution in [0.15, 0.2) is 18.2 Å². The lowest BCUT2D eigenvalue weighted by molar-refractivity contribution is -0.119. The van der Waals surface area contributed by atoms with Crippen LogP contribution in [0.4, 0.5) is 5.69 Å². The molecule has 0 saturated heterocycles. The molecule has 1 N–H and O–H groups in total. The molecule has 0 fully saturated rings. The van der Waals surface area contributed by atoms with Crippen LogP contribution in [0.2, 0.25) is 15.1 Å². The first-order chi connectivity index (χ1) is 14.1. The Morgan fingerprint density at radius 3 is 2.27 bits per heavy atom. The van der Waals surface area contributed by atoms with Crippen LogP contribution in [0.1, 0.15) is 35.3 Å². The summed E-state index contributed by atoms with van der Waals surface area (Å²) in [5.41, 5.74) is 4.93. The van der Waals surface area contributed by atoms with E-state index < -0.39 is 0 Å². The Balaban J connectivity index is 1.73. The molecule has 160 valence electrons. The Morgan fingerprint density at radius 1 is 1.00 bits per heavy atom. The van der Waals surface area contributed by atoms with Crippen molar-refractivity contribution >= 4 is 46.4 Å². The third-order valence-corrected chi connectivity index (χ3v) is 6.42. The van der Waals surface area contributed by atoms with E-state index in [1.54, 1.807) is 10.7 Å². The standard InChI is InChI=1S/C21H24Cl3N5O/c1-11(9-28-14(4)19(24)12(2)26-28)21(30)25-20-13(3)27-29(15(20)5)10-16-6-7-17(22)18(23)8-16/h6-8,11H,9-10H2,1-5H3,(H,25,30). The third kappa shape index (κ3) is 4.66. The average Bonchev–Trinajstić information content (AvgIpc) is 3.09. The molecule has 0 aliphatic rings. The van der Waals surface area contributed by atoms with Gasteiger partial charge in [0, 0.05) is 0 Å². The summed E-state index contributed by atoms with van der Waals surface area (Å²) in [6.07, 6.45) is 0. The maximum atomic E-state index is 12.8. The Bertz CT molecular complexity index is 1100. The van der Waals surface area contributed by atoms with E-state index in [1.165, 1.54) is 0 Å². The van der Waals surface area contributed by atoms with Gasteiger partial charge in [0.25, 0.3) is 0 Å². The fourth-order valence-electron chi connectivity index (χ4n) is 3.28. The van der Waals surface area contributed by atoms with Crippen molar-refractivity contribution in [1.82, 2.24) is 19.6 Å². The van der Waals surface area contributed by atoms with E-state index in [0.29, 0.717) is 28.2 Å². The summed E-state index contributed by atoms with van der Waals surface area (Å²) in [5, 5.41) is 13.7. The first-order valence-electron chi connectivity index (χ1n) is 9.56. The van der Waals surface area contributed by atoms with Crippen molar-refractivity contribution in [3.63, 3.8) is 0 Å². The Kier molecular flexibility index (Phi) is 6.80. The number of nitrogens with one attached hydrogen (secondary N) is 1. The number of hydrogen-bond donors (Lipinski definition) is 1. The second-order valence-corrected chi connectivity index (χ2v) is 8.70. The molecule has 1 atom stereocenters. The summed E-state index contributed by atoms with van der Waals surface area (Å²) in [7, 11) is 0. The summed E-state index contributed by atoms with van der Waals surface area (Å²) in [5.74, 6) is -0.393. The van der Waals surface area contributed by atoms with E-state index in [9.17, 15) is 4.79 Å². The lowest BCUT2D eigenvalue weighted by Crippen LogP contribution is -2.25. The van der Waals surface area contributed by atoms with Crippen LogP contribution >= 0.6 is 34.8 Å². The molecular weight excluding hydrogens is 445 g/mol. The van der Waals surface area contributed by atoms with Gasteiger partial charge in [0.05, 0.1) is 62.5 Å². The van der Waals surface area contributed by atoms with E-state index in [0.717, 1.165) is 34.0 Å². The van der Waals surface area contributed by atoms with Gasteiger partial charge in [-0.05, 0) is 45.4 Å². The van der Waals surface area contributed by atoms with E-state index in [1.807, 2.05) is 51.4 Å². The molecule has 6 nitrogen and oxygen atoms in total. The average molecular weight is 469 g/mol. The molecule has 3 rings (SSSR count). The molecule has 2 heterocycles. The number of halogens is 3. The van der Waals surface area contributed by atoms with Crippen LogP contribution in [-0.2, 0) is 17.9 Å². The zero-order chi connectivity index (χ0) is 22.2. The second-order valence-electron chi connectivity index (χ2n) is 7.51. The highest BCUT2D eigenvalue weighted by Gasteiger charge is 2.21. The normalized spacial score (nSPS) is 12.3. The van der Waals surface area contributed by atoms with E-state index in [-0.39, 0.29) is 11.8 Å². The zero-order valence-corrected chi connectivity index (χ0v) is 19.8. The SMILES string of the molecule is Cc1nn(CC(C)C(=O)Nc2c(C)nn(Cc3ccc(Cl)c(Cl)c3)c2C)c(C)c1Cl. The van der Waals surface area contributed by atoms with Gasteiger partial charge >= 0.3 is 0 Å². The van der Waals surface area contributed by atoms with Crippen LogP contribution in [0, 0.1) is 33.6 Å². The zero-order valence-electron chi connectivity index (χ0n) is 17.6. The molecule has 0 bridgehead atoms. The molecule has 0 spiro atoms. The highest BCUT2D eigenvalue weighted by Crippen LogP contribution is 2.26. The predicted molar refractivity (Wildman–Crippen MR) is 122 cm³/mol. The number of anilines is 1. The Hall–Kier alpha value is -2.02. The van der Waals surface area contributed by atoms with E-state index in [4.69, 9.17) is 34.8 Å². The molecule has 0 aliphatic carbocycles. The van der Waals surface area contributed by atoms with Gasteiger partial charge in [0.1, 0.15) is 0 Å². The molecule has 1 aromatic carbocycles. The van der Waals surface area contributed by atoms with Gasteiger partial charge in [0.15, 0.2) is 0 Å². The number of aromatic nitrogens is 4. The predicted octanol–water partition coefficient (Wildman–Crippen LogP) is 5.60. The van der Waals surface area contributed by atoms with Crippen LogP contribution in [-0.4, -0.2) is 25.5 Å². The van der Waals surface area contributed by atoms with Crippen molar-refractivity contribution in [2.45, 2.75) is 47.7 Å². The van der Waals surface area contributed by atoms with Gasteiger partial charge in [-0.15, -0.1) is 0 Å². The highest BCUT2D eigenvalue weighted by molar-refractivity contribution is 6.42. The number of carbonyl (C=O) groups is 1. The van der Waals surface area contributed by atoms with Gasteiger partial charge < -0.3 is 5.32 Å². The van der Waals surface area contributed by atoms with Crippen molar-refractivity contribution in [3.8, 4) is 0 Å². The minimum atomic E-state index is -0.295. The largest absolute Gasteiger partial charge is 0.323 e. The van der Waals surface area contributed by atoms with Gasteiger partial charge in [-0.1, -0.05) is 47.8 Å². The Morgan fingerprint density at radius 2 is 1.67 bits per heavy atom. The summed E-state index contributed by atoms with van der Waals surface area (Å²) in [6, 6.07) is 5.49. The quantitative estimate of drug-likeness (QED) is 0.512. The minimum Gasteiger partial charge on any atom is -0.323 e. The smallest absolute Gasteiger partial charge is 0.229 e. The summed E-state index contributed by atoms with van der Waals surface area (Å²) in [6.45, 7) is 10.4. The van der Waals surface area contributed by atoms with Crippen LogP contribution in [0.5, 0.6) is 0 Å².